The monoisotopic (exact) mass is 303 g/mol. The number of hydrogen-bond acceptors (Lipinski definition) is 3. The molecule has 0 atom stereocenters. The SMILES string of the molecule is OC1(c2ccccc2Sc2ccccc2F)CCNCC1. The van der Waals surface area contributed by atoms with Crippen molar-refractivity contribution in [1.29, 1.82) is 0 Å². The van der Waals surface area contributed by atoms with E-state index in [0.717, 1.165) is 23.5 Å². The Morgan fingerprint density at radius 2 is 1.57 bits per heavy atom. The molecular formula is C17H18FNOS. The van der Waals surface area contributed by atoms with Crippen molar-refractivity contribution in [2.75, 3.05) is 13.1 Å². The number of benzene rings is 2. The minimum atomic E-state index is -0.819. The molecule has 21 heavy (non-hydrogen) atoms. The Balaban J connectivity index is 1.95. The fourth-order valence-corrected chi connectivity index (χ4v) is 3.76. The molecule has 0 aliphatic carbocycles. The Bertz CT molecular complexity index is 626. The molecule has 2 nitrogen and oxygen atoms in total. The van der Waals surface area contributed by atoms with Crippen LogP contribution >= 0.6 is 11.8 Å². The third-order valence-corrected chi connectivity index (χ3v) is 5.00. The summed E-state index contributed by atoms with van der Waals surface area (Å²) in [5, 5.41) is 14.2. The van der Waals surface area contributed by atoms with Gasteiger partial charge in [0.05, 0.1) is 5.60 Å². The maximum atomic E-state index is 13.9. The lowest BCUT2D eigenvalue weighted by Gasteiger charge is -2.34. The van der Waals surface area contributed by atoms with Crippen LogP contribution in [0.4, 0.5) is 4.39 Å². The van der Waals surface area contributed by atoms with Crippen molar-refractivity contribution in [3.8, 4) is 0 Å². The van der Waals surface area contributed by atoms with Crippen LogP contribution in [0.25, 0.3) is 0 Å². The first kappa shape index (κ1) is 14.6. The lowest BCUT2D eigenvalue weighted by molar-refractivity contribution is 0.00350. The van der Waals surface area contributed by atoms with Gasteiger partial charge in [0.25, 0.3) is 0 Å². The van der Waals surface area contributed by atoms with Gasteiger partial charge in [0.2, 0.25) is 0 Å². The topological polar surface area (TPSA) is 32.3 Å². The number of halogens is 1. The summed E-state index contributed by atoms with van der Waals surface area (Å²) in [5.74, 6) is -0.227. The molecule has 1 aliphatic rings. The van der Waals surface area contributed by atoms with Crippen molar-refractivity contribution in [3.05, 3.63) is 59.9 Å². The summed E-state index contributed by atoms with van der Waals surface area (Å²) in [6, 6.07) is 14.5. The van der Waals surface area contributed by atoms with Crippen LogP contribution in [0.5, 0.6) is 0 Å². The molecule has 1 fully saturated rings. The Morgan fingerprint density at radius 1 is 0.952 bits per heavy atom. The van der Waals surface area contributed by atoms with Crippen LogP contribution in [0.3, 0.4) is 0 Å². The van der Waals surface area contributed by atoms with Crippen molar-refractivity contribution >= 4 is 11.8 Å². The third-order valence-electron chi connectivity index (χ3n) is 3.88. The Hall–Kier alpha value is -1.36. The molecule has 4 heteroatoms. The quantitative estimate of drug-likeness (QED) is 0.909. The predicted molar refractivity (Wildman–Crippen MR) is 83.0 cm³/mol. The molecule has 1 aliphatic heterocycles. The van der Waals surface area contributed by atoms with Crippen LogP contribution in [0, 0.1) is 5.82 Å². The van der Waals surface area contributed by atoms with Gasteiger partial charge in [0.1, 0.15) is 5.82 Å². The van der Waals surface area contributed by atoms with E-state index in [4.69, 9.17) is 0 Å². The summed E-state index contributed by atoms with van der Waals surface area (Å²) in [7, 11) is 0. The summed E-state index contributed by atoms with van der Waals surface area (Å²) < 4.78 is 13.9. The van der Waals surface area contributed by atoms with Crippen LogP contribution in [0.1, 0.15) is 18.4 Å². The van der Waals surface area contributed by atoms with E-state index in [1.54, 1.807) is 12.1 Å². The van der Waals surface area contributed by atoms with Crippen LogP contribution in [0.15, 0.2) is 58.3 Å². The van der Waals surface area contributed by atoms with Crippen molar-refractivity contribution < 1.29 is 9.50 Å². The average Bonchev–Trinajstić information content (AvgIpc) is 2.51. The first-order valence-corrected chi connectivity index (χ1v) is 7.96. The minimum Gasteiger partial charge on any atom is -0.385 e. The normalized spacial score (nSPS) is 17.6. The molecule has 0 saturated carbocycles. The predicted octanol–water partition coefficient (Wildman–Crippen LogP) is 3.55. The van der Waals surface area contributed by atoms with Crippen LogP contribution < -0.4 is 5.32 Å². The van der Waals surface area contributed by atoms with Gasteiger partial charge >= 0.3 is 0 Å². The molecule has 0 bridgehead atoms. The van der Waals surface area contributed by atoms with E-state index in [2.05, 4.69) is 5.32 Å². The largest absolute Gasteiger partial charge is 0.385 e. The summed E-state index contributed by atoms with van der Waals surface area (Å²) in [6.07, 6.45) is 1.36. The molecule has 2 aromatic carbocycles. The Labute approximate surface area is 128 Å². The number of nitrogens with one attached hydrogen (secondary N) is 1. The molecule has 0 unspecified atom stereocenters. The van der Waals surface area contributed by atoms with E-state index < -0.39 is 5.60 Å². The maximum Gasteiger partial charge on any atom is 0.137 e. The van der Waals surface area contributed by atoms with Gasteiger partial charge in [-0.2, -0.15) is 0 Å². The standard InChI is InChI=1S/C17H18FNOS/c18-14-6-2-4-8-16(14)21-15-7-3-1-5-13(15)17(20)9-11-19-12-10-17/h1-8,19-20H,9-12H2. The van der Waals surface area contributed by atoms with Gasteiger partial charge in [-0.25, -0.2) is 4.39 Å². The molecule has 0 aromatic heterocycles. The van der Waals surface area contributed by atoms with Crippen LogP contribution in [-0.2, 0) is 5.60 Å². The third kappa shape index (κ3) is 3.12. The first-order chi connectivity index (χ1) is 10.2. The lowest BCUT2D eigenvalue weighted by atomic mass is 9.85. The van der Waals surface area contributed by atoms with Gasteiger partial charge in [-0.15, -0.1) is 0 Å². The molecule has 2 N–H and O–H groups in total. The molecular weight excluding hydrogens is 285 g/mol. The van der Waals surface area contributed by atoms with Gasteiger partial charge in [0.15, 0.2) is 0 Å². The second-order valence-corrected chi connectivity index (χ2v) is 6.39. The minimum absolute atomic E-state index is 0.227. The zero-order valence-corrected chi connectivity index (χ0v) is 12.5. The van der Waals surface area contributed by atoms with E-state index >= 15 is 0 Å². The van der Waals surface area contributed by atoms with E-state index in [9.17, 15) is 9.50 Å². The molecule has 1 saturated heterocycles. The van der Waals surface area contributed by atoms with Crippen molar-refractivity contribution in [2.45, 2.75) is 28.2 Å². The highest BCUT2D eigenvalue weighted by atomic mass is 32.2. The highest BCUT2D eigenvalue weighted by Crippen LogP contribution is 2.40. The molecule has 1 heterocycles. The van der Waals surface area contributed by atoms with Gasteiger partial charge in [-0.05, 0) is 49.7 Å². The summed E-state index contributed by atoms with van der Waals surface area (Å²) in [5.41, 5.74) is 0.0832. The fraction of sp³-hybridized carbons (Fsp3) is 0.294. The molecule has 110 valence electrons. The summed E-state index contributed by atoms with van der Waals surface area (Å²) >= 11 is 1.38. The van der Waals surface area contributed by atoms with E-state index in [1.165, 1.54) is 17.8 Å². The van der Waals surface area contributed by atoms with Gasteiger partial charge < -0.3 is 10.4 Å². The number of rotatable bonds is 3. The molecule has 2 aromatic rings. The van der Waals surface area contributed by atoms with Crippen LogP contribution in [-0.4, -0.2) is 18.2 Å². The van der Waals surface area contributed by atoms with E-state index in [-0.39, 0.29) is 5.82 Å². The number of aliphatic hydroxyl groups is 1. The van der Waals surface area contributed by atoms with Gasteiger partial charge in [-0.1, -0.05) is 42.1 Å². The summed E-state index contributed by atoms with van der Waals surface area (Å²) in [6.45, 7) is 1.60. The van der Waals surface area contributed by atoms with E-state index in [1.807, 2.05) is 30.3 Å². The lowest BCUT2D eigenvalue weighted by Crippen LogP contribution is -2.40. The first-order valence-electron chi connectivity index (χ1n) is 7.14. The van der Waals surface area contributed by atoms with E-state index in [0.29, 0.717) is 17.7 Å². The Morgan fingerprint density at radius 3 is 2.29 bits per heavy atom. The van der Waals surface area contributed by atoms with Crippen molar-refractivity contribution in [3.63, 3.8) is 0 Å². The Kier molecular flexibility index (Phi) is 4.29. The average molecular weight is 303 g/mol. The van der Waals surface area contributed by atoms with Gasteiger partial charge in [-0.3, -0.25) is 0 Å². The molecule has 3 rings (SSSR count). The molecule has 0 radical (unpaired) electrons. The fourth-order valence-electron chi connectivity index (χ4n) is 2.70. The second kappa shape index (κ2) is 6.18. The zero-order chi connectivity index (χ0) is 14.7. The zero-order valence-electron chi connectivity index (χ0n) is 11.7. The highest BCUT2D eigenvalue weighted by molar-refractivity contribution is 7.99. The molecule has 0 spiro atoms. The molecule has 0 amide bonds. The second-order valence-electron chi connectivity index (χ2n) is 5.31. The van der Waals surface area contributed by atoms with Gasteiger partial charge in [0, 0.05) is 9.79 Å². The van der Waals surface area contributed by atoms with Crippen molar-refractivity contribution in [2.24, 2.45) is 0 Å². The smallest absolute Gasteiger partial charge is 0.137 e. The maximum absolute atomic E-state index is 13.9. The number of hydrogen-bond donors (Lipinski definition) is 2. The van der Waals surface area contributed by atoms with Crippen molar-refractivity contribution in [1.82, 2.24) is 5.32 Å². The highest BCUT2D eigenvalue weighted by Gasteiger charge is 2.33. The number of piperidine rings is 1. The summed E-state index contributed by atoms with van der Waals surface area (Å²) in [4.78, 5) is 1.51. The van der Waals surface area contributed by atoms with Crippen LogP contribution in [0.2, 0.25) is 0 Å².